The summed E-state index contributed by atoms with van der Waals surface area (Å²) in [6, 6.07) is 0. The Morgan fingerprint density at radius 2 is 2.00 bits per heavy atom. The SMILES string of the molecule is CCC1=CC(N2CCCCC2)=NC=C(NC(=O)OC(C)(C)C)C1. The topological polar surface area (TPSA) is 53.9 Å². The van der Waals surface area contributed by atoms with Crippen molar-refractivity contribution in [2.24, 2.45) is 4.99 Å². The van der Waals surface area contributed by atoms with Crippen LogP contribution in [0.3, 0.4) is 0 Å². The molecule has 5 nitrogen and oxygen atoms in total. The normalized spacial score (nSPS) is 19.3. The maximum atomic E-state index is 12.0. The Hall–Kier alpha value is -1.78. The molecule has 0 saturated carbocycles. The molecule has 1 amide bonds. The molecular formula is C18H29N3O2. The van der Waals surface area contributed by atoms with Gasteiger partial charge in [0.2, 0.25) is 0 Å². The number of amides is 1. The zero-order chi connectivity index (χ0) is 16.9. The Kier molecular flexibility index (Phi) is 5.85. The number of carbonyl (C=O) groups excluding carboxylic acids is 1. The van der Waals surface area contributed by atoms with E-state index >= 15 is 0 Å². The first-order valence-corrected chi connectivity index (χ1v) is 8.58. The van der Waals surface area contributed by atoms with E-state index in [1.807, 2.05) is 20.8 Å². The Balaban J connectivity index is 2.09. The molecule has 128 valence electrons. The third kappa shape index (κ3) is 5.73. The van der Waals surface area contributed by atoms with E-state index in [-0.39, 0.29) is 0 Å². The molecule has 0 aromatic rings. The largest absolute Gasteiger partial charge is 0.444 e. The molecule has 1 saturated heterocycles. The number of piperidine rings is 1. The van der Waals surface area contributed by atoms with Gasteiger partial charge in [0.1, 0.15) is 11.4 Å². The summed E-state index contributed by atoms with van der Waals surface area (Å²) in [5, 5.41) is 2.84. The number of carbonyl (C=O) groups is 1. The van der Waals surface area contributed by atoms with Crippen LogP contribution in [0.15, 0.2) is 28.5 Å². The minimum Gasteiger partial charge on any atom is -0.444 e. The number of likely N-dealkylation sites (tertiary alicyclic amines) is 1. The lowest BCUT2D eigenvalue weighted by molar-refractivity contribution is 0.0544. The highest BCUT2D eigenvalue weighted by Gasteiger charge is 2.19. The first-order valence-electron chi connectivity index (χ1n) is 8.58. The van der Waals surface area contributed by atoms with Crippen LogP contribution in [0.1, 0.15) is 59.8 Å². The summed E-state index contributed by atoms with van der Waals surface area (Å²) in [6.07, 6.45) is 8.92. The average molecular weight is 319 g/mol. The third-order valence-electron chi connectivity index (χ3n) is 3.90. The molecule has 0 spiro atoms. The van der Waals surface area contributed by atoms with Crippen molar-refractivity contribution < 1.29 is 9.53 Å². The number of nitrogens with one attached hydrogen (secondary N) is 1. The smallest absolute Gasteiger partial charge is 0.411 e. The summed E-state index contributed by atoms with van der Waals surface area (Å²) < 4.78 is 5.32. The molecule has 5 heteroatoms. The number of hydrogen-bond donors (Lipinski definition) is 1. The number of allylic oxidation sites excluding steroid dienone is 1. The van der Waals surface area contributed by atoms with E-state index < -0.39 is 11.7 Å². The van der Waals surface area contributed by atoms with Crippen LogP contribution >= 0.6 is 0 Å². The predicted molar refractivity (Wildman–Crippen MR) is 93.3 cm³/mol. The van der Waals surface area contributed by atoms with Gasteiger partial charge >= 0.3 is 6.09 Å². The molecule has 2 aliphatic heterocycles. The fraction of sp³-hybridized carbons (Fsp3) is 0.667. The fourth-order valence-corrected chi connectivity index (χ4v) is 2.74. The minimum atomic E-state index is -0.499. The molecule has 0 atom stereocenters. The van der Waals surface area contributed by atoms with Crippen molar-refractivity contribution in [1.29, 1.82) is 0 Å². The molecule has 0 aliphatic carbocycles. The van der Waals surface area contributed by atoms with Gasteiger partial charge in [-0.25, -0.2) is 9.79 Å². The number of aliphatic imine (C=N–C) groups is 1. The van der Waals surface area contributed by atoms with Crippen LogP contribution in [-0.2, 0) is 4.74 Å². The average Bonchev–Trinajstić information content (AvgIpc) is 2.68. The highest BCUT2D eigenvalue weighted by atomic mass is 16.6. The van der Waals surface area contributed by atoms with Crippen LogP contribution in [0.5, 0.6) is 0 Å². The third-order valence-corrected chi connectivity index (χ3v) is 3.90. The summed E-state index contributed by atoms with van der Waals surface area (Å²) in [4.78, 5) is 18.9. The van der Waals surface area contributed by atoms with Gasteiger partial charge in [-0.3, -0.25) is 5.32 Å². The second-order valence-corrected chi connectivity index (χ2v) is 7.15. The van der Waals surface area contributed by atoms with E-state index in [1.165, 1.54) is 24.8 Å². The second-order valence-electron chi connectivity index (χ2n) is 7.15. The molecular weight excluding hydrogens is 290 g/mol. The minimum absolute atomic E-state index is 0.421. The molecule has 0 bridgehead atoms. The zero-order valence-electron chi connectivity index (χ0n) is 14.8. The lowest BCUT2D eigenvalue weighted by atomic mass is 10.1. The van der Waals surface area contributed by atoms with Crippen LogP contribution in [0.2, 0.25) is 0 Å². The highest BCUT2D eigenvalue weighted by Crippen LogP contribution is 2.19. The highest BCUT2D eigenvalue weighted by molar-refractivity contribution is 5.94. The zero-order valence-corrected chi connectivity index (χ0v) is 14.8. The van der Waals surface area contributed by atoms with Crippen molar-refractivity contribution in [3.8, 4) is 0 Å². The molecule has 0 unspecified atom stereocenters. The maximum absolute atomic E-state index is 12.0. The Morgan fingerprint density at radius 3 is 2.61 bits per heavy atom. The van der Waals surface area contributed by atoms with E-state index in [0.29, 0.717) is 6.42 Å². The lowest BCUT2D eigenvalue weighted by Gasteiger charge is -2.28. The van der Waals surface area contributed by atoms with E-state index in [0.717, 1.165) is 31.0 Å². The first-order chi connectivity index (χ1) is 10.9. The van der Waals surface area contributed by atoms with Crippen molar-refractivity contribution in [1.82, 2.24) is 10.2 Å². The first kappa shape index (κ1) is 17.6. The number of amidine groups is 1. The molecule has 0 aromatic heterocycles. The van der Waals surface area contributed by atoms with Crippen LogP contribution in [0.25, 0.3) is 0 Å². The van der Waals surface area contributed by atoms with Gasteiger partial charge in [0.15, 0.2) is 0 Å². The molecule has 1 N–H and O–H groups in total. The quantitative estimate of drug-likeness (QED) is 0.837. The molecule has 2 heterocycles. The van der Waals surface area contributed by atoms with Gasteiger partial charge in [-0.15, -0.1) is 0 Å². The predicted octanol–water partition coefficient (Wildman–Crippen LogP) is 3.98. The number of alkyl carbamates (subject to hydrolysis) is 1. The summed E-state index contributed by atoms with van der Waals surface area (Å²) in [5.74, 6) is 1.02. The van der Waals surface area contributed by atoms with Crippen molar-refractivity contribution in [3.63, 3.8) is 0 Å². The van der Waals surface area contributed by atoms with E-state index in [2.05, 4.69) is 28.2 Å². The monoisotopic (exact) mass is 319 g/mol. The van der Waals surface area contributed by atoms with Gasteiger partial charge < -0.3 is 9.64 Å². The molecule has 0 aromatic carbocycles. The molecule has 0 radical (unpaired) electrons. The summed E-state index contributed by atoms with van der Waals surface area (Å²) in [6.45, 7) is 9.84. The standard InChI is InChI=1S/C18H29N3O2/c1-5-14-11-15(20-17(22)23-18(2,3)4)13-19-16(12-14)21-9-7-6-8-10-21/h12-13H,5-11H2,1-4H3,(H,20,22). The molecule has 2 aliphatic rings. The van der Waals surface area contributed by atoms with E-state index in [4.69, 9.17) is 4.74 Å². The van der Waals surface area contributed by atoms with Crippen molar-refractivity contribution in [2.45, 2.75) is 65.4 Å². The van der Waals surface area contributed by atoms with Crippen molar-refractivity contribution in [3.05, 3.63) is 23.5 Å². The lowest BCUT2D eigenvalue weighted by Crippen LogP contribution is -2.34. The van der Waals surface area contributed by atoms with Crippen molar-refractivity contribution >= 4 is 11.9 Å². The van der Waals surface area contributed by atoms with Gasteiger partial charge in [0.05, 0.1) is 0 Å². The van der Waals surface area contributed by atoms with Crippen LogP contribution in [0.4, 0.5) is 4.79 Å². The van der Waals surface area contributed by atoms with Gasteiger partial charge in [0, 0.05) is 31.4 Å². The van der Waals surface area contributed by atoms with Gasteiger partial charge in [0.25, 0.3) is 0 Å². The Morgan fingerprint density at radius 1 is 1.30 bits per heavy atom. The number of hydrogen-bond acceptors (Lipinski definition) is 4. The molecule has 2 rings (SSSR count). The summed E-state index contributed by atoms with van der Waals surface area (Å²) in [7, 11) is 0. The Bertz CT molecular complexity index is 521. The number of nitrogens with zero attached hydrogens (tertiary/aromatic N) is 2. The van der Waals surface area contributed by atoms with E-state index in [1.54, 1.807) is 6.20 Å². The van der Waals surface area contributed by atoms with Gasteiger partial charge in [-0.2, -0.15) is 0 Å². The van der Waals surface area contributed by atoms with Gasteiger partial charge in [-0.05, 0) is 52.5 Å². The number of rotatable bonds is 2. The van der Waals surface area contributed by atoms with Gasteiger partial charge in [-0.1, -0.05) is 12.5 Å². The van der Waals surface area contributed by atoms with E-state index in [9.17, 15) is 4.79 Å². The summed E-state index contributed by atoms with van der Waals surface area (Å²) in [5.41, 5.74) is 1.56. The second kappa shape index (κ2) is 7.66. The van der Waals surface area contributed by atoms with Crippen LogP contribution in [0, 0.1) is 0 Å². The maximum Gasteiger partial charge on any atom is 0.411 e. The van der Waals surface area contributed by atoms with Crippen molar-refractivity contribution in [2.75, 3.05) is 13.1 Å². The van der Waals surface area contributed by atoms with Crippen LogP contribution in [-0.4, -0.2) is 35.5 Å². The summed E-state index contributed by atoms with van der Waals surface area (Å²) >= 11 is 0. The molecule has 23 heavy (non-hydrogen) atoms. The molecule has 1 fully saturated rings. The number of ether oxygens (including phenoxy) is 1. The van der Waals surface area contributed by atoms with Crippen LogP contribution < -0.4 is 5.32 Å². The fourth-order valence-electron chi connectivity index (χ4n) is 2.74. The Labute approximate surface area is 139 Å².